The van der Waals surface area contributed by atoms with Gasteiger partial charge in [0.25, 0.3) is 5.56 Å². The van der Waals surface area contributed by atoms with Crippen LogP contribution in [-0.4, -0.2) is 17.6 Å². The number of aryl methyl sites for hydroxylation is 1. The number of esters is 1. The van der Waals surface area contributed by atoms with E-state index in [0.29, 0.717) is 5.69 Å². The normalized spacial score (nSPS) is 10.7. The van der Waals surface area contributed by atoms with Gasteiger partial charge in [0.15, 0.2) is 0 Å². The van der Waals surface area contributed by atoms with Gasteiger partial charge >= 0.3 is 5.97 Å². The minimum Gasteiger partial charge on any atom is -0.487 e. The van der Waals surface area contributed by atoms with Crippen LogP contribution in [-0.2, 0) is 11.3 Å². The molecule has 0 bridgehead atoms. The maximum absolute atomic E-state index is 14.4. The molecule has 0 aliphatic carbocycles. The molecule has 9 heteroatoms. The van der Waals surface area contributed by atoms with Crippen LogP contribution in [0.15, 0.2) is 51.7 Å². The number of benzene rings is 2. The van der Waals surface area contributed by atoms with Gasteiger partial charge in [-0.15, -0.1) is 0 Å². The first-order valence-electron chi connectivity index (χ1n) is 8.60. The molecule has 0 radical (unpaired) electrons. The van der Waals surface area contributed by atoms with Crippen molar-refractivity contribution >= 4 is 21.9 Å². The molecule has 0 amide bonds. The van der Waals surface area contributed by atoms with Crippen molar-refractivity contribution in [1.29, 1.82) is 0 Å². The summed E-state index contributed by atoms with van der Waals surface area (Å²) >= 11 is 3.13. The Hall–Kier alpha value is -3.07. The predicted molar refractivity (Wildman–Crippen MR) is 106 cm³/mol. The van der Waals surface area contributed by atoms with Crippen molar-refractivity contribution in [3.8, 4) is 11.4 Å². The van der Waals surface area contributed by atoms with Crippen LogP contribution in [0.3, 0.4) is 0 Å². The molecule has 30 heavy (non-hydrogen) atoms. The fourth-order valence-corrected chi connectivity index (χ4v) is 3.22. The number of methoxy groups -OCH3 is 1. The highest BCUT2D eigenvalue weighted by Gasteiger charge is 2.18. The highest BCUT2D eigenvalue weighted by molar-refractivity contribution is 9.10. The monoisotopic (exact) mass is 481 g/mol. The van der Waals surface area contributed by atoms with E-state index in [1.54, 1.807) is 6.92 Å². The predicted octanol–water partition coefficient (Wildman–Crippen LogP) is 4.69. The van der Waals surface area contributed by atoms with Crippen molar-refractivity contribution in [2.45, 2.75) is 13.5 Å². The van der Waals surface area contributed by atoms with Gasteiger partial charge in [0, 0.05) is 23.4 Å². The van der Waals surface area contributed by atoms with E-state index in [1.165, 1.54) is 31.4 Å². The van der Waals surface area contributed by atoms with Crippen LogP contribution in [0, 0.1) is 24.4 Å². The summed E-state index contributed by atoms with van der Waals surface area (Å²) in [6, 6.07) is 8.02. The van der Waals surface area contributed by atoms with Crippen molar-refractivity contribution in [2.75, 3.05) is 7.11 Å². The van der Waals surface area contributed by atoms with Gasteiger partial charge in [-0.05, 0) is 53.2 Å². The maximum Gasteiger partial charge on any atom is 0.337 e. The van der Waals surface area contributed by atoms with E-state index >= 15 is 0 Å². The first-order chi connectivity index (χ1) is 14.2. The molecular weight excluding hydrogens is 467 g/mol. The molecule has 0 N–H and O–H groups in total. The van der Waals surface area contributed by atoms with Crippen LogP contribution in [0.2, 0.25) is 0 Å². The van der Waals surface area contributed by atoms with Gasteiger partial charge in [-0.3, -0.25) is 9.36 Å². The molecule has 0 saturated heterocycles. The molecule has 0 saturated carbocycles. The van der Waals surface area contributed by atoms with Gasteiger partial charge < -0.3 is 9.47 Å². The summed E-state index contributed by atoms with van der Waals surface area (Å²) in [5, 5.41) is 0. The largest absolute Gasteiger partial charge is 0.487 e. The maximum atomic E-state index is 14.4. The van der Waals surface area contributed by atoms with E-state index in [9.17, 15) is 22.8 Å². The number of aromatic nitrogens is 1. The van der Waals surface area contributed by atoms with E-state index < -0.39 is 29.0 Å². The van der Waals surface area contributed by atoms with Crippen LogP contribution in [0.5, 0.6) is 5.75 Å². The Morgan fingerprint density at radius 1 is 1.07 bits per heavy atom. The molecule has 3 rings (SSSR count). The first kappa shape index (κ1) is 21.6. The molecule has 0 spiro atoms. The van der Waals surface area contributed by atoms with Gasteiger partial charge in [-0.25, -0.2) is 18.0 Å². The second kappa shape index (κ2) is 8.74. The molecule has 3 aromatic rings. The minimum absolute atomic E-state index is 0.0292. The number of nitrogens with zero attached hydrogens (tertiary/aromatic N) is 1. The number of carbonyl (C=O) groups excluding carboxylic acids is 1. The lowest BCUT2D eigenvalue weighted by molar-refractivity contribution is 0.0600. The summed E-state index contributed by atoms with van der Waals surface area (Å²) in [5.74, 6) is -2.80. The second-order valence-corrected chi connectivity index (χ2v) is 7.08. The highest BCUT2D eigenvalue weighted by Crippen LogP contribution is 2.26. The average molecular weight is 482 g/mol. The lowest BCUT2D eigenvalue weighted by atomic mass is 10.1. The van der Waals surface area contributed by atoms with Gasteiger partial charge in [-0.2, -0.15) is 0 Å². The smallest absolute Gasteiger partial charge is 0.337 e. The number of carbonyl (C=O) groups is 1. The first-order valence-corrected chi connectivity index (χ1v) is 9.39. The molecule has 1 aromatic heterocycles. The summed E-state index contributed by atoms with van der Waals surface area (Å²) in [5.41, 5.74) is -0.313. The Labute approximate surface area is 177 Å². The molecule has 2 aromatic carbocycles. The van der Waals surface area contributed by atoms with Crippen molar-refractivity contribution < 1.29 is 27.4 Å². The Balaban J connectivity index is 2.00. The fraction of sp³-hybridized carbons (Fsp3) is 0.143. The molecule has 156 valence electrons. The highest BCUT2D eigenvalue weighted by atomic mass is 79.9. The summed E-state index contributed by atoms with van der Waals surface area (Å²) in [6.07, 6.45) is 0. The Kier molecular flexibility index (Phi) is 6.31. The van der Waals surface area contributed by atoms with Gasteiger partial charge in [0.2, 0.25) is 0 Å². The number of rotatable bonds is 5. The van der Waals surface area contributed by atoms with E-state index in [1.807, 2.05) is 0 Å². The zero-order valence-electron chi connectivity index (χ0n) is 15.8. The van der Waals surface area contributed by atoms with Crippen LogP contribution < -0.4 is 10.3 Å². The Bertz CT molecular complexity index is 1190. The van der Waals surface area contributed by atoms with Crippen molar-refractivity contribution in [3.63, 3.8) is 0 Å². The quantitative estimate of drug-likeness (QED) is 0.496. The van der Waals surface area contributed by atoms with Gasteiger partial charge in [-0.1, -0.05) is 0 Å². The summed E-state index contributed by atoms with van der Waals surface area (Å²) < 4.78 is 52.4. The van der Waals surface area contributed by atoms with Crippen molar-refractivity contribution in [2.24, 2.45) is 0 Å². The number of hydrogen-bond acceptors (Lipinski definition) is 4. The molecule has 0 atom stereocenters. The fourth-order valence-electron chi connectivity index (χ4n) is 2.81. The zero-order valence-corrected chi connectivity index (χ0v) is 17.4. The third kappa shape index (κ3) is 4.25. The molecule has 0 aliphatic rings. The van der Waals surface area contributed by atoms with Gasteiger partial charge in [0.05, 0.1) is 18.4 Å². The van der Waals surface area contributed by atoms with Crippen LogP contribution in [0.1, 0.15) is 21.6 Å². The van der Waals surface area contributed by atoms with Crippen molar-refractivity contribution in [3.05, 3.63) is 91.6 Å². The topological polar surface area (TPSA) is 57.5 Å². The van der Waals surface area contributed by atoms with Crippen LogP contribution >= 0.6 is 15.9 Å². The van der Waals surface area contributed by atoms with Crippen LogP contribution in [0.25, 0.3) is 5.69 Å². The van der Waals surface area contributed by atoms with Crippen molar-refractivity contribution in [1.82, 2.24) is 4.57 Å². The summed E-state index contributed by atoms with van der Waals surface area (Å²) in [7, 11) is 1.19. The molecule has 1 heterocycles. The zero-order chi connectivity index (χ0) is 22.0. The lowest BCUT2D eigenvalue weighted by Gasteiger charge is -2.16. The number of halogens is 4. The lowest BCUT2D eigenvalue weighted by Crippen LogP contribution is -2.23. The minimum atomic E-state index is -0.780. The molecule has 5 nitrogen and oxygen atoms in total. The van der Waals surface area contributed by atoms with E-state index in [0.717, 1.165) is 22.8 Å². The standard InChI is InChI=1S/C21H15BrF3NO4/c1-11-7-18(30-10-13-3-5-14(23)9-16(13)25)19(22)20(27)26(11)17-8-12(21(28)29-2)4-6-15(17)24/h3-9H,10H2,1-2H3. The number of hydrogen-bond donors (Lipinski definition) is 0. The number of ether oxygens (including phenoxy) is 2. The SMILES string of the molecule is COC(=O)c1ccc(F)c(-n2c(C)cc(OCc3ccc(F)cc3F)c(Br)c2=O)c1. The average Bonchev–Trinajstić information content (AvgIpc) is 2.71. The third-order valence-electron chi connectivity index (χ3n) is 4.31. The van der Waals surface area contributed by atoms with E-state index in [2.05, 4.69) is 20.7 Å². The second-order valence-electron chi connectivity index (χ2n) is 6.29. The molecule has 0 aliphatic heterocycles. The number of pyridine rings is 1. The molecular formula is C21H15BrF3NO4. The third-order valence-corrected chi connectivity index (χ3v) is 5.04. The summed E-state index contributed by atoms with van der Waals surface area (Å²) in [6.45, 7) is 1.29. The summed E-state index contributed by atoms with van der Waals surface area (Å²) in [4.78, 5) is 24.6. The molecule has 0 fully saturated rings. The van der Waals surface area contributed by atoms with E-state index in [4.69, 9.17) is 4.74 Å². The Morgan fingerprint density at radius 3 is 2.47 bits per heavy atom. The molecule has 0 unspecified atom stereocenters. The van der Waals surface area contributed by atoms with E-state index in [-0.39, 0.29) is 33.6 Å². The van der Waals surface area contributed by atoms with Gasteiger partial charge in [0.1, 0.15) is 34.3 Å². The Morgan fingerprint density at radius 2 is 1.80 bits per heavy atom. The van der Waals surface area contributed by atoms with Crippen LogP contribution in [0.4, 0.5) is 13.2 Å².